The van der Waals surface area contributed by atoms with E-state index in [4.69, 9.17) is 0 Å². The zero-order chi connectivity index (χ0) is 21.1. The molecule has 2 aromatic heterocycles. The number of carbonyl (C=O) groups is 1. The number of nitrogens with zero attached hydrogens (tertiary/aromatic N) is 5. The van der Waals surface area contributed by atoms with Crippen LogP contribution in [0.1, 0.15) is 60.3 Å². The maximum atomic E-state index is 14.3. The summed E-state index contributed by atoms with van der Waals surface area (Å²) in [7, 11) is 0. The number of aromatic nitrogens is 3. The van der Waals surface area contributed by atoms with Gasteiger partial charge in [-0.3, -0.25) is 20.1 Å². The van der Waals surface area contributed by atoms with Gasteiger partial charge in [-0.2, -0.15) is 5.10 Å². The Kier molecular flexibility index (Phi) is 4.36. The van der Waals surface area contributed by atoms with Crippen molar-refractivity contribution in [2.75, 3.05) is 11.9 Å². The maximum Gasteiger partial charge on any atom is 0.270 e. The molecule has 1 saturated carbocycles. The molecule has 1 amide bonds. The van der Waals surface area contributed by atoms with E-state index in [1.54, 1.807) is 16.9 Å². The summed E-state index contributed by atoms with van der Waals surface area (Å²) in [5.41, 5.74) is 5.53. The number of carbonyl (C=O) groups excluding carboxylic acids is 1. The Balaban J connectivity index is 1.47. The molecule has 2 aromatic rings. The SMILES string of the molecule is CC1Cc2ncc(F)cc2[C@H]2CCCN2C2C=Cn3ncc(c3N2)C(=O)NN1C1CC1. The number of nitrogens with one attached hydrogen (secondary N) is 2. The summed E-state index contributed by atoms with van der Waals surface area (Å²) in [6, 6.07) is 2.08. The standard InChI is InChI=1S/C22H26FN7O/c1-13-9-18-16(10-14(23)11-24-18)19-3-2-7-28(19)20-6-8-29-21(26-20)17(12-25-29)22(31)27-30(13)15-4-5-15/h6,8,10-13,15,19-20,26H,2-5,7,9H2,1H3,(H,27,31)/t13?,19-,20?/m1/s1. The van der Waals surface area contributed by atoms with Gasteiger partial charge in [-0.1, -0.05) is 0 Å². The molecule has 8 nitrogen and oxygen atoms in total. The van der Waals surface area contributed by atoms with Crippen molar-refractivity contribution < 1.29 is 9.18 Å². The normalized spacial score (nSPS) is 28.6. The van der Waals surface area contributed by atoms with Crippen molar-refractivity contribution in [3.8, 4) is 0 Å². The smallest absolute Gasteiger partial charge is 0.270 e. The topological polar surface area (TPSA) is 78.3 Å². The van der Waals surface area contributed by atoms with Crippen LogP contribution < -0.4 is 10.7 Å². The Morgan fingerprint density at radius 2 is 2.10 bits per heavy atom. The first-order chi connectivity index (χ1) is 15.1. The van der Waals surface area contributed by atoms with Crippen LogP contribution in [0.25, 0.3) is 6.20 Å². The third kappa shape index (κ3) is 3.23. The van der Waals surface area contributed by atoms with Crippen molar-refractivity contribution >= 4 is 17.9 Å². The number of amides is 1. The number of halogens is 1. The first kappa shape index (κ1) is 18.9. The third-order valence-electron chi connectivity index (χ3n) is 6.85. The molecule has 2 bridgehead atoms. The van der Waals surface area contributed by atoms with Gasteiger partial charge in [0.1, 0.15) is 23.4 Å². The molecule has 0 aromatic carbocycles. The van der Waals surface area contributed by atoms with Crippen molar-refractivity contribution in [3.63, 3.8) is 0 Å². The van der Waals surface area contributed by atoms with E-state index in [0.717, 1.165) is 43.5 Å². The average Bonchev–Trinajstić information content (AvgIpc) is 3.32. The van der Waals surface area contributed by atoms with Gasteiger partial charge in [-0.05, 0) is 50.3 Å². The predicted octanol–water partition coefficient (Wildman–Crippen LogP) is 2.53. The summed E-state index contributed by atoms with van der Waals surface area (Å²) in [6.07, 6.45) is 11.5. The highest BCUT2D eigenvalue weighted by molar-refractivity contribution is 5.99. The van der Waals surface area contributed by atoms with Gasteiger partial charge in [-0.25, -0.2) is 14.1 Å². The number of fused-ring (bicyclic) bond motifs is 5. The molecule has 4 aliphatic rings. The molecule has 3 atom stereocenters. The van der Waals surface area contributed by atoms with Crippen molar-refractivity contribution in [1.82, 2.24) is 30.1 Å². The molecule has 5 heterocycles. The highest BCUT2D eigenvalue weighted by Crippen LogP contribution is 2.38. The minimum atomic E-state index is -0.303. The lowest BCUT2D eigenvalue weighted by Crippen LogP contribution is -2.49. The third-order valence-corrected chi connectivity index (χ3v) is 6.85. The molecule has 2 unspecified atom stereocenters. The van der Waals surface area contributed by atoms with Crippen LogP contribution in [0, 0.1) is 5.82 Å². The zero-order valence-electron chi connectivity index (χ0n) is 17.5. The average molecular weight is 423 g/mol. The zero-order valence-corrected chi connectivity index (χ0v) is 17.5. The van der Waals surface area contributed by atoms with Crippen molar-refractivity contribution in [2.24, 2.45) is 0 Å². The number of hydrogen-bond donors (Lipinski definition) is 2. The molecule has 2 fully saturated rings. The fraction of sp³-hybridized carbons (Fsp3) is 0.500. The van der Waals surface area contributed by atoms with E-state index in [1.807, 2.05) is 12.3 Å². The molecular formula is C22H26FN7O. The largest absolute Gasteiger partial charge is 0.350 e. The lowest BCUT2D eigenvalue weighted by atomic mass is 9.98. The Hall–Kier alpha value is -2.78. The minimum absolute atomic E-state index is 0.0364. The number of pyridine rings is 1. The number of hydrazine groups is 1. The molecule has 162 valence electrons. The van der Waals surface area contributed by atoms with Crippen LogP contribution in [0.15, 0.2) is 24.5 Å². The van der Waals surface area contributed by atoms with E-state index in [2.05, 4.69) is 37.7 Å². The summed E-state index contributed by atoms with van der Waals surface area (Å²) in [6.45, 7) is 2.99. The van der Waals surface area contributed by atoms with Crippen molar-refractivity contribution in [3.05, 3.63) is 47.2 Å². The van der Waals surface area contributed by atoms with E-state index in [0.29, 0.717) is 23.8 Å². The molecule has 0 spiro atoms. The Labute approximate surface area is 180 Å². The molecule has 1 aliphatic carbocycles. The van der Waals surface area contributed by atoms with Gasteiger partial charge in [-0.15, -0.1) is 0 Å². The summed E-state index contributed by atoms with van der Waals surface area (Å²) >= 11 is 0. The molecule has 0 radical (unpaired) electrons. The second-order valence-electron chi connectivity index (χ2n) is 9.00. The molecular weight excluding hydrogens is 397 g/mol. The van der Waals surface area contributed by atoms with Crippen molar-refractivity contribution in [1.29, 1.82) is 0 Å². The molecule has 9 heteroatoms. The Morgan fingerprint density at radius 3 is 2.94 bits per heavy atom. The number of hydrogen-bond acceptors (Lipinski definition) is 6. The van der Waals surface area contributed by atoms with Crippen molar-refractivity contribution in [2.45, 2.75) is 63.3 Å². The van der Waals surface area contributed by atoms with Gasteiger partial charge >= 0.3 is 0 Å². The van der Waals surface area contributed by atoms with Crippen LogP contribution >= 0.6 is 0 Å². The van der Waals surface area contributed by atoms with Gasteiger partial charge in [0.05, 0.1) is 12.4 Å². The fourth-order valence-corrected chi connectivity index (χ4v) is 5.20. The van der Waals surface area contributed by atoms with Gasteiger partial charge in [0.25, 0.3) is 5.91 Å². The van der Waals surface area contributed by atoms with Crippen LogP contribution in [0.3, 0.4) is 0 Å². The molecule has 31 heavy (non-hydrogen) atoms. The van der Waals surface area contributed by atoms with E-state index in [1.165, 1.54) is 6.20 Å². The summed E-state index contributed by atoms with van der Waals surface area (Å²) in [4.78, 5) is 20.1. The summed E-state index contributed by atoms with van der Waals surface area (Å²) in [5.74, 6) is 0.226. The maximum absolute atomic E-state index is 14.3. The van der Waals surface area contributed by atoms with Crippen LogP contribution in [0.5, 0.6) is 0 Å². The van der Waals surface area contributed by atoms with E-state index < -0.39 is 0 Å². The van der Waals surface area contributed by atoms with Gasteiger partial charge in [0.15, 0.2) is 0 Å². The summed E-state index contributed by atoms with van der Waals surface area (Å²) in [5, 5.41) is 9.92. The molecule has 3 aliphatic heterocycles. The van der Waals surface area contributed by atoms with Crippen LogP contribution in [-0.4, -0.2) is 55.4 Å². The number of anilines is 1. The van der Waals surface area contributed by atoms with Gasteiger partial charge in [0, 0.05) is 43.0 Å². The van der Waals surface area contributed by atoms with Gasteiger partial charge in [0.2, 0.25) is 0 Å². The van der Waals surface area contributed by atoms with Crippen LogP contribution in [0.2, 0.25) is 0 Å². The van der Waals surface area contributed by atoms with E-state index in [9.17, 15) is 9.18 Å². The molecule has 1 saturated heterocycles. The van der Waals surface area contributed by atoms with E-state index in [-0.39, 0.29) is 30.0 Å². The second kappa shape index (κ2) is 7.13. The quantitative estimate of drug-likeness (QED) is 0.734. The Bertz CT molecular complexity index is 1060. The lowest BCUT2D eigenvalue weighted by molar-refractivity contribution is 0.0675. The first-order valence-electron chi connectivity index (χ1n) is 11.1. The lowest BCUT2D eigenvalue weighted by Gasteiger charge is -2.35. The van der Waals surface area contributed by atoms with Crippen LogP contribution in [0.4, 0.5) is 10.2 Å². The molecule has 2 N–H and O–H groups in total. The number of rotatable bonds is 1. The Morgan fingerprint density at radius 1 is 1.23 bits per heavy atom. The van der Waals surface area contributed by atoms with Crippen LogP contribution in [-0.2, 0) is 6.42 Å². The minimum Gasteiger partial charge on any atom is -0.350 e. The molecule has 6 rings (SSSR count). The van der Waals surface area contributed by atoms with Gasteiger partial charge < -0.3 is 5.32 Å². The highest BCUT2D eigenvalue weighted by Gasteiger charge is 2.38. The first-order valence-corrected chi connectivity index (χ1v) is 11.1. The van der Waals surface area contributed by atoms with E-state index >= 15 is 0 Å². The predicted molar refractivity (Wildman–Crippen MR) is 113 cm³/mol. The fourth-order valence-electron chi connectivity index (χ4n) is 5.20. The second-order valence-corrected chi connectivity index (χ2v) is 9.00. The summed E-state index contributed by atoms with van der Waals surface area (Å²) < 4.78 is 16.0. The monoisotopic (exact) mass is 423 g/mol. The highest BCUT2D eigenvalue weighted by atomic mass is 19.1.